The number of rotatable bonds is 21. The van der Waals surface area contributed by atoms with Gasteiger partial charge in [-0.15, -0.1) is 0 Å². The Kier molecular flexibility index (Phi) is 17.2. The van der Waals surface area contributed by atoms with Crippen LogP contribution in [0, 0.1) is 13.8 Å². The fourth-order valence-electron chi connectivity index (χ4n) is 9.01. The normalized spacial score (nSPS) is 14.7. The average Bonchev–Trinajstić information content (AvgIpc) is 4.14. The number of sulfonamides is 1. The predicted octanol–water partition coefficient (Wildman–Crippen LogP) is 7.59. The molecule has 4 aromatic carbocycles. The number of hydrogen-bond acceptors (Lipinski definition) is 13. The van der Waals surface area contributed by atoms with Gasteiger partial charge in [-0.2, -0.15) is 0 Å². The third-order valence-electron chi connectivity index (χ3n) is 13.1. The third kappa shape index (κ3) is 14.3. The molecule has 18 nitrogen and oxygen atoms in total. The van der Waals surface area contributed by atoms with Crippen molar-refractivity contribution in [2.24, 2.45) is 0 Å². The smallest absolute Gasteiger partial charge is 0.291 e. The molecule has 2 fully saturated rings. The molecule has 2 aliphatic rings. The van der Waals surface area contributed by atoms with Gasteiger partial charge in [0.15, 0.2) is 11.5 Å². The zero-order valence-electron chi connectivity index (χ0n) is 41.4. The third-order valence-corrected chi connectivity index (χ3v) is 14.4. The lowest BCUT2D eigenvalue weighted by atomic mass is 10.0. The van der Waals surface area contributed by atoms with Gasteiger partial charge in [0.2, 0.25) is 10.0 Å². The number of hydrogen-bond donors (Lipinski definition) is 8. The van der Waals surface area contributed by atoms with Crippen LogP contribution in [0.25, 0.3) is 0 Å². The van der Waals surface area contributed by atoms with Gasteiger partial charge in [-0.1, -0.05) is 30.3 Å². The van der Waals surface area contributed by atoms with Gasteiger partial charge in [0.1, 0.15) is 0 Å². The molecule has 2 aliphatic heterocycles. The first-order valence-corrected chi connectivity index (χ1v) is 26.5. The van der Waals surface area contributed by atoms with E-state index in [0.717, 1.165) is 55.0 Å². The Morgan fingerprint density at radius 2 is 0.986 bits per heavy atom. The second-order valence-electron chi connectivity index (χ2n) is 18.5. The summed E-state index contributed by atoms with van der Waals surface area (Å²) in [5, 5.41) is 25.7. The van der Waals surface area contributed by atoms with Crippen molar-refractivity contribution in [3.8, 4) is 0 Å². The fourth-order valence-corrected chi connectivity index (χ4v) is 9.89. The maximum absolute atomic E-state index is 13.6. The molecular weight excluding hydrogens is 949 g/mol. The molecule has 8 rings (SSSR count). The minimum atomic E-state index is -3.29. The van der Waals surface area contributed by atoms with Gasteiger partial charge < -0.3 is 51.4 Å². The van der Waals surface area contributed by atoms with E-state index < -0.39 is 21.8 Å². The average molecular weight is 1010 g/mol. The van der Waals surface area contributed by atoms with Crippen molar-refractivity contribution < 1.29 is 36.4 Å². The van der Waals surface area contributed by atoms with Crippen molar-refractivity contribution >= 4 is 67.8 Å². The number of para-hydroxylation sites is 1. The molecule has 0 unspecified atom stereocenters. The van der Waals surface area contributed by atoms with Gasteiger partial charge in [-0.3, -0.25) is 24.1 Å². The first kappa shape index (κ1) is 51.7. The van der Waals surface area contributed by atoms with Crippen molar-refractivity contribution in [1.82, 2.24) is 19.8 Å². The molecule has 6 aromatic rings. The predicted molar refractivity (Wildman–Crippen MR) is 285 cm³/mol. The number of anilines is 6. The Hall–Kier alpha value is -7.61. The van der Waals surface area contributed by atoms with Crippen molar-refractivity contribution in [3.63, 3.8) is 0 Å². The largest absolute Gasteiger partial charge is 0.459 e. The Labute approximate surface area is 426 Å². The fraction of sp³-hybridized carbons (Fsp3) is 0.333. The minimum Gasteiger partial charge on any atom is -0.459 e. The van der Waals surface area contributed by atoms with Gasteiger partial charge in [0, 0.05) is 93.5 Å². The summed E-state index contributed by atoms with van der Waals surface area (Å²) in [5.74, 6) is -1.09. The Bertz CT molecular complexity index is 2970. The molecule has 19 heteroatoms. The summed E-state index contributed by atoms with van der Waals surface area (Å²) >= 11 is 0. The van der Waals surface area contributed by atoms with E-state index in [2.05, 4.69) is 85.5 Å². The number of piperidine rings is 2. The second-order valence-corrected chi connectivity index (χ2v) is 20.5. The number of aryl methyl sites for hydroxylation is 2. The van der Waals surface area contributed by atoms with Crippen LogP contribution >= 0.6 is 0 Å². The summed E-state index contributed by atoms with van der Waals surface area (Å²) in [5.41, 5.74) is 8.48. The number of nitrogens with zero attached hydrogens (tertiary/aromatic N) is 2. The highest BCUT2D eigenvalue weighted by Gasteiger charge is 2.27. The monoisotopic (exact) mass is 1010 g/mol. The summed E-state index contributed by atoms with van der Waals surface area (Å²) in [6.07, 6.45) is 6.65. The van der Waals surface area contributed by atoms with Crippen LogP contribution in [0.5, 0.6) is 0 Å². The Balaban J connectivity index is 0.799. The minimum absolute atomic E-state index is 0.00297. The molecule has 2 saturated heterocycles. The van der Waals surface area contributed by atoms with Gasteiger partial charge in [-0.25, -0.2) is 12.7 Å². The summed E-state index contributed by atoms with van der Waals surface area (Å²) in [4.78, 5) is 55.4. The highest BCUT2D eigenvalue weighted by Crippen LogP contribution is 2.28. The Morgan fingerprint density at radius 1 is 0.521 bits per heavy atom. The quantitative estimate of drug-likeness (QED) is 0.0325. The molecule has 0 bridgehead atoms. The lowest BCUT2D eigenvalue weighted by molar-refractivity contribution is 0.0904. The van der Waals surface area contributed by atoms with Crippen LogP contribution in [0.4, 0.5) is 34.1 Å². The number of benzene rings is 4. The lowest BCUT2D eigenvalue weighted by Crippen LogP contribution is -2.46. The van der Waals surface area contributed by atoms with Crippen molar-refractivity contribution in [3.05, 3.63) is 155 Å². The highest BCUT2D eigenvalue weighted by atomic mass is 32.2. The molecule has 384 valence electrons. The Morgan fingerprint density at radius 3 is 1.45 bits per heavy atom. The molecule has 2 aromatic heterocycles. The summed E-state index contributed by atoms with van der Waals surface area (Å²) in [7, 11) is -3.29. The van der Waals surface area contributed by atoms with Crippen LogP contribution in [0.2, 0.25) is 0 Å². The SMILES string of the molecule is Cc1ccccc1NCCNc1ccc(C(=O)NC2CCN(Cc3ccc(NCCNc4ccc(C(=O)NC5CCN(S(C)(=O)=O)CC5)cc4NC(=O)c4ccco4)c(C)c3)CC2)cc1NC(=O)c1ccco1. The molecule has 4 amide bonds. The number of likely N-dealkylation sites (tertiary alicyclic amines) is 1. The van der Waals surface area contributed by atoms with Gasteiger partial charge >= 0.3 is 0 Å². The van der Waals surface area contributed by atoms with Gasteiger partial charge in [0.05, 0.1) is 41.5 Å². The summed E-state index contributed by atoms with van der Waals surface area (Å²) in [6.45, 7) is 9.50. The standard InChI is InChI=1S/C54H64N10O8S/c1-36-8-4-5-9-43(36)55-22-24-57-45-16-13-39(33-47(45)61-53(67)49-10-6-30-71-49)51(65)59-41-18-26-63(27-19-41)35-38-12-15-44(37(2)32-38)56-23-25-58-46-17-14-40(34-48(46)62-54(68)50-11-7-31-72-50)52(66)60-42-20-28-64(29-21-42)73(3,69)70/h4-17,30-34,41-42,55-58H,18-29,35H2,1-3H3,(H,59,65)(H,60,66)(H,61,67)(H,62,68). The zero-order chi connectivity index (χ0) is 51.3. The first-order valence-electron chi connectivity index (χ1n) is 24.6. The van der Waals surface area contributed by atoms with Crippen LogP contribution in [0.1, 0.15) is 84.2 Å². The van der Waals surface area contributed by atoms with E-state index in [0.29, 0.717) is 86.0 Å². The molecule has 0 radical (unpaired) electrons. The van der Waals surface area contributed by atoms with Crippen LogP contribution in [0.3, 0.4) is 0 Å². The molecule has 0 aliphatic carbocycles. The van der Waals surface area contributed by atoms with Gasteiger partial charge in [-0.05, 0) is 129 Å². The van der Waals surface area contributed by atoms with Crippen LogP contribution in [0.15, 0.2) is 124 Å². The van der Waals surface area contributed by atoms with Crippen LogP contribution in [-0.2, 0) is 16.6 Å². The molecular formula is C54H64N10O8S. The van der Waals surface area contributed by atoms with E-state index in [1.165, 1.54) is 28.7 Å². The molecule has 0 spiro atoms. The lowest BCUT2D eigenvalue weighted by Gasteiger charge is -2.32. The maximum Gasteiger partial charge on any atom is 0.291 e. The van der Waals surface area contributed by atoms with E-state index in [1.807, 2.05) is 24.3 Å². The number of furan rings is 2. The van der Waals surface area contributed by atoms with E-state index >= 15 is 0 Å². The zero-order valence-corrected chi connectivity index (χ0v) is 42.2. The van der Waals surface area contributed by atoms with E-state index in [4.69, 9.17) is 8.83 Å². The van der Waals surface area contributed by atoms with E-state index in [9.17, 15) is 27.6 Å². The van der Waals surface area contributed by atoms with Crippen LogP contribution < -0.4 is 42.5 Å². The van der Waals surface area contributed by atoms with E-state index in [1.54, 1.807) is 54.6 Å². The van der Waals surface area contributed by atoms with Crippen molar-refractivity contribution in [1.29, 1.82) is 0 Å². The van der Waals surface area contributed by atoms with E-state index in [-0.39, 0.29) is 35.4 Å². The van der Waals surface area contributed by atoms with Gasteiger partial charge in [0.25, 0.3) is 23.6 Å². The number of carbonyl (C=O) groups excluding carboxylic acids is 4. The molecule has 0 atom stereocenters. The second kappa shape index (κ2) is 24.2. The van der Waals surface area contributed by atoms with Crippen LogP contribution in [-0.4, -0.2) is 112 Å². The number of carbonyl (C=O) groups is 4. The molecule has 0 saturated carbocycles. The maximum atomic E-state index is 13.6. The number of nitrogens with one attached hydrogen (secondary N) is 8. The summed E-state index contributed by atoms with van der Waals surface area (Å²) in [6, 6.07) is 31.1. The topological polar surface area (TPSA) is 231 Å². The molecule has 8 N–H and O–H groups in total. The molecule has 4 heterocycles. The summed E-state index contributed by atoms with van der Waals surface area (Å²) < 4.78 is 35.9. The number of amides is 4. The van der Waals surface area contributed by atoms with Crippen molar-refractivity contribution in [2.45, 2.75) is 58.2 Å². The highest BCUT2D eigenvalue weighted by molar-refractivity contribution is 7.88. The molecule has 73 heavy (non-hydrogen) atoms. The first-order chi connectivity index (χ1) is 35.2. The van der Waals surface area contributed by atoms with Crippen molar-refractivity contribution in [2.75, 3.05) is 90.5 Å².